The fraction of sp³-hybridized carbons (Fsp3) is 0.200. The Kier molecular flexibility index (Phi) is 5.98. The van der Waals surface area contributed by atoms with Crippen LogP contribution in [0.1, 0.15) is 24.1 Å². The van der Waals surface area contributed by atoms with Crippen LogP contribution in [0.3, 0.4) is 0 Å². The highest BCUT2D eigenvalue weighted by Crippen LogP contribution is 2.37. The van der Waals surface area contributed by atoms with Gasteiger partial charge < -0.3 is 10.1 Å². The minimum atomic E-state index is -4.56. The predicted octanol–water partition coefficient (Wildman–Crippen LogP) is 4.50. The van der Waals surface area contributed by atoms with Gasteiger partial charge in [-0.2, -0.15) is 13.2 Å². The number of allylic oxidation sites excluding steroid dienone is 1. The molecule has 0 radical (unpaired) electrons. The Labute approximate surface area is 180 Å². The maximum Gasteiger partial charge on any atom is 0.416 e. The summed E-state index contributed by atoms with van der Waals surface area (Å²) in [6, 6.07) is 9.24. The van der Waals surface area contributed by atoms with E-state index in [1.165, 1.54) is 42.2 Å². The Morgan fingerprint density at radius 2 is 1.90 bits per heavy atom. The molecular formula is C20H16F3N3O4S. The maximum absolute atomic E-state index is 13.2. The number of nitro benzene ring substituents is 1. The molecule has 0 saturated carbocycles. The number of carbonyl (C=O) groups excluding carboxylic acids is 1. The molecule has 162 valence electrons. The van der Waals surface area contributed by atoms with E-state index >= 15 is 0 Å². The molecule has 0 bridgehead atoms. The molecule has 1 unspecified atom stereocenters. The number of alkyl halides is 3. The normalized spacial score (nSPS) is 16.7. The van der Waals surface area contributed by atoms with Gasteiger partial charge in [-0.05, 0) is 42.9 Å². The molecule has 2 aromatic carbocycles. The summed E-state index contributed by atoms with van der Waals surface area (Å²) in [6.07, 6.45) is -4.56. The lowest BCUT2D eigenvalue weighted by Crippen LogP contribution is -2.48. The highest BCUT2D eigenvalue weighted by atomic mass is 32.1. The van der Waals surface area contributed by atoms with Gasteiger partial charge >= 0.3 is 12.1 Å². The number of esters is 1. The number of nitro groups is 1. The molecule has 0 aromatic heterocycles. The summed E-state index contributed by atoms with van der Waals surface area (Å²) >= 11 is 5.37. The average Bonchev–Trinajstić information content (AvgIpc) is 2.72. The van der Waals surface area contributed by atoms with E-state index < -0.39 is 28.7 Å². The molecule has 1 atom stereocenters. The summed E-state index contributed by atoms with van der Waals surface area (Å²) in [5.41, 5.74) is -0.280. The largest absolute Gasteiger partial charge is 0.466 e. The van der Waals surface area contributed by atoms with Gasteiger partial charge in [-0.3, -0.25) is 15.0 Å². The molecule has 0 amide bonds. The van der Waals surface area contributed by atoms with E-state index in [1.807, 2.05) is 0 Å². The van der Waals surface area contributed by atoms with Crippen molar-refractivity contribution in [3.63, 3.8) is 0 Å². The SMILES string of the molecule is COC(=O)C1=C(C)N(c2cccc(C(F)(F)F)c2)C(=S)NC1c1cccc([N+](=O)[O-])c1. The number of thiocarbonyl (C=S) groups is 1. The Morgan fingerprint density at radius 3 is 2.52 bits per heavy atom. The number of benzene rings is 2. The highest BCUT2D eigenvalue weighted by Gasteiger charge is 2.37. The summed E-state index contributed by atoms with van der Waals surface area (Å²) in [5, 5.41) is 14.1. The number of halogens is 3. The van der Waals surface area contributed by atoms with E-state index in [9.17, 15) is 28.1 Å². The lowest BCUT2D eigenvalue weighted by Gasteiger charge is -2.37. The lowest BCUT2D eigenvalue weighted by atomic mass is 9.94. The first-order valence-electron chi connectivity index (χ1n) is 8.86. The van der Waals surface area contributed by atoms with E-state index in [1.54, 1.807) is 6.07 Å². The Hall–Kier alpha value is -3.47. The van der Waals surface area contributed by atoms with Crippen LogP contribution in [0.15, 0.2) is 59.8 Å². The predicted molar refractivity (Wildman–Crippen MR) is 110 cm³/mol. The smallest absolute Gasteiger partial charge is 0.416 e. The second-order valence-corrected chi connectivity index (χ2v) is 7.00. The molecular weight excluding hydrogens is 435 g/mol. The molecule has 7 nitrogen and oxygen atoms in total. The van der Waals surface area contributed by atoms with Gasteiger partial charge in [0.1, 0.15) is 0 Å². The number of hydrogen-bond acceptors (Lipinski definition) is 5. The van der Waals surface area contributed by atoms with E-state index in [0.29, 0.717) is 5.56 Å². The number of nitrogens with one attached hydrogen (secondary N) is 1. The zero-order valence-electron chi connectivity index (χ0n) is 16.3. The van der Waals surface area contributed by atoms with Crippen LogP contribution in [0.25, 0.3) is 0 Å². The quantitative estimate of drug-likeness (QED) is 0.317. The average molecular weight is 451 g/mol. The lowest BCUT2D eigenvalue weighted by molar-refractivity contribution is -0.384. The van der Waals surface area contributed by atoms with E-state index in [4.69, 9.17) is 17.0 Å². The third-order valence-corrected chi connectivity index (χ3v) is 5.04. The van der Waals surface area contributed by atoms with Crippen LogP contribution in [0.5, 0.6) is 0 Å². The number of non-ortho nitro benzene ring substituents is 1. The van der Waals surface area contributed by atoms with Crippen molar-refractivity contribution in [3.8, 4) is 0 Å². The van der Waals surface area contributed by atoms with Gasteiger partial charge in [-0.25, -0.2) is 4.79 Å². The molecule has 3 rings (SSSR count). The van der Waals surface area contributed by atoms with E-state index in [0.717, 1.165) is 19.2 Å². The number of rotatable bonds is 4. The van der Waals surface area contributed by atoms with Crippen molar-refractivity contribution in [3.05, 3.63) is 81.0 Å². The Balaban J connectivity index is 2.15. The third kappa shape index (κ3) is 4.36. The van der Waals surface area contributed by atoms with Gasteiger partial charge in [0.15, 0.2) is 5.11 Å². The standard InChI is InChI=1S/C20H16F3N3O4S/c1-11-16(18(27)30-2)17(12-5-3-8-15(9-12)26(28)29)24-19(31)25(11)14-7-4-6-13(10-14)20(21,22)23/h3-10,17H,1-2H3,(H,24,31). The fourth-order valence-corrected chi connectivity index (χ4v) is 3.68. The number of hydrogen-bond donors (Lipinski definition) is 1. The maximum atomic E-state index is 13.2. The van der Waals surface area contributed by atoms with Gasteiger partial charge in [0.25, 0.3) is 5.69 Å². The molecule has 0 saturated heterocycles. The first kappa shape index (κ1) is 22.2. The van der Waals surface area contributed by atoms with Crippen molar-refractivity contribution < 1.29 is 27.6 Å². The van der Waals surface area contributed by atoms with Gasteiger partial charge in [-0.1, -0.05) is 18.2 Å². The van der Waals surface area contributed by atoms with Crippen molar-refractivity contribution in [2.24, 2.45) is 0 Å². The first-order chi connectivity index (χ1) is 14.5. The number of carbonyl (C=O) groups is 1. The molecule has 1 aliphatic heterocycles. The molecule has 31 heavy (non-hydrogen) atoms. The van der Waals surface area contributed by atoms with Crippen LogP contribution in [-0.2, 0) is 15.7 Å². The van der Waals surface area contributed by atoms with E-state index in [2.05, 4.69) is 5.32 Å². The topological polar surface area (TPSA) is 84.7 Å². The zero-order chi connectivity index (χ0) is 22.9. The van der Waals surface area contributed by atoms with Crippen molar-refractivity contribution in [2.75, 3.05) is 12.0 Å². The minimum Gasteiger partial charge on any atom is -0.466 e. The summed E-state index contributed by atoms with van der Waals surface area (Å²) in [4.78, 5) is 24.4. The summed E-state index contributed by atoms with van der Waals surface area (Å²) < 4.78 is 44.4. The molecule has 0 fully saturated rings. The van der Waals surface area contributed by atoms with E-state index in [-0.39, 0.29) is 27.8 Å². The number of methoxy groups -OCH3 is 1. The molecule has 2 aromatic rings. The van der Waals surface area contributed by atoms with Crippen LogP contribution in [0.2, 0.25) is 0 Å². The summed E-state index contributed by atoms with van der Waals surface area (Å²) in [6.45, 7) is 1.52. The van der Waals surface area contributed by atoms with Crippen molar-refractivity contribution in [2.45, 2.75) is 19.1 Å². The van der Waals surface area contributed by atoms with Gasteiger partial charge in [0, 0.05) is 23.5 Å². The second kappa shape index (κ2) is 8.34. The molecule has 1 heterocycles. The number of ether oxygens (including phenoxy) is 1. The molecule has 1 aliphatic rings. The first-order valence-corrected chi connectivity index (χ1v) is 9.26. The number of nitrogens with zero attached hydrogens (tertiary/aromatic N) is 2. The van der Waals surface area contributed by atoms with Crippen LogP contribution >= 0.6 is 12.2 Å². The van der Waals surface area contributed by atoms with Crippen molar-refractivity contribution >= 4 is 34.7 Å². The third-order valence-electron chi connectivity index (χ3n) is 4.74. The summed E-state index contributed by atoms with van der Waals surface area (Å²) in [5.74, 6) is -0.749. The molecule has 11 heteroatoms. The monoisotopic (exact) mass is 451 g/mol. The van der Waals surface area contributed by atoms with Gasteiger partial charge in [-0.15, -0.1) is 0 Å². The van der Waals surface area contributed by atoms with Crippen LogP contribution in [0, 0.1) is 10.1 Å². The summed E-state index contributed by atoms with van der Waals surface area (Å²) in [7, 11) is 1.16. The van der Waals surface area contributed by atoms with Crippen molar-refractivity contribution in [1.29, 1.82) is 0 Å². The molecule has 0 aliphatic carbocycles. The zero-order valence-corrected chi connectivity index (χ0v) is 17.1. The molecule has 0 spiro atoms. The molecule has 1 N–H and O–H groups in total. The van der Waals surface area contributed by atoms with Gasteiger partial charge in [0.05, 0.1) is 29.2 Å². The Morgan fingerprint density at radius 1 is 1.23 bits per heavy atom. The van der Waals surface area contributed by atoms with Crippen molar-refractivity contribution in [1.82, 2.24) is 5.32 Å². The van der Waals surface area contributed by atoms with Crippen LogP contribution in [-0.4, -0.2) is 23.1 Å². The van der Waals surface area contributed by atoms with Gasteiger partial charge in [0.2, 0.25) is 0 Å². The fourth-order valence-electron chi connectivity index (χ4n) is 3.32. The van der Waals surface area contributed by atoms with Crippen LogP contribution in [0.4, 0.5) is 24.5 Å². The van der Waals surface area contributed by atoms with Crippen LogP contribution < -0.4 is 10.2 Å². The highest BCUT2D eigenvalue weighted by molar-refractivity contribution is 7.80. The Bertz CT molecular complexity index is 1100. The second-order valence-electron chi connectivity index (χ2n) is 6.61. The number of anilines is 1. The minimum absolute atomic E-state index is 0.0287.